The van der Waals surface area contributed by atoms with Crippen molar-refractivity contribution in [3.8, 4) is 11.4 Å². The third-order valence-electron chi connectivity index (χ3n) is 3.48. The predicted molar refractivity (Wildman–Crippen MR) is 89.2 cm³/mol. The van der Waals surface area contributed by atoms with E-state index in [0.717, 1.165) is 0 Å². The summed E-state index contributed by atoms with van der Waals surface area (Å²) in [5.41, 5.74) is 1.64. The highest BCUT2D eigenvalue weighted by Crippen LogP contribution is 2.22. The average molecular weight is 325 g/mol. The van der Waals surface area contributed by atoms with Crippen molar-refractivity contribution in [2.45, 2.75) is 6.92 Å². The number of aryl methyl sites for hydroxylation is 1. The molecule has 1 N–H and O–H groups in total. The summed E-state index contributed by atoms with van der Waals surface area (Å²) in [6, 6.07) is 14.7. The van der Waals surface area contributed by atoms with Crippen LogP contribution in [0.2, 0.25) is 0 Å². The minimum absolute atomic E-state index is 0.329. The van der Waals surface area contributed by atoms with Crippen molar-refractivity contribution in [2.75, 3.05) is 12.4 Å². The Bertz CT molecular complexity index is 889. The highest BCUT2D eigenvalue weighted by atomic mass is 19.1. The molecule has 2 aromatic carbocycles. The Morgan fingerprint density at radius 2 is 1.96 bits per heavy atom. The number of ether oxygens (including phenoxy) is 1. The van der Waals surface area contributed by atoms with Crippen LogP contribution < -0.4 is 10.1 Å². The van der Waals surface area contributed by atoms with Gasteiger partial charge in [0.1, 0.15) is 17.4 Å². The zero-order valence-corrected chi connectivity index (χ0v) is 13.3. The van der Waals surface area contributed by atoms with E-state index in [9.17, 15) is 9.18 Å². The molecule has 0 aliphatic rings. The van der Waals surface area contributed by atoms with E-state index < -0.39 is 0 Å². The third-order valence-corrected chi connectivity index (χ3v) is 3.48. The molecule has 6 heteroatoms. The fraction of sp³-hybridized carbons (Fsp3) is 0.111. The monoisotopic (exact) mass is 325 g/mol. The lowest BCUT2D eigenvalue weighted by Crippen LogP contribution is -2.16. The zero-order valence-electron chi connectivity index (χ0n) is 13.3. The highest BCUT2D eigenvalue weighted by Gasteiger charge is 2.15. The van der Waals surface area contributed by atoms with Gasteiger partial charge < -0.3 is 10.1 Å². The molecule has 0 aliphatic heterocycles. The van der Waals surface area contributed by atoms with Gasteiger partial charge in [0.05, 0.1) is 24.1 Å². The molecule has 0 saturated heterocycles. The van der Waals surface area contributed by atoms with Crippen LogP contribution in [0.3, 0.4) is 0 Å². The SMILES string of the molecule is COc1ccccc1C(=O)Nc1cc(C)nn1-c1cccc(F)c1. The summed E-state index contributed by atoms with van der Waals surface area (Å²) < 4.78 is 20.2. The molecule has 1 heterocycles. The number of rotatable bonds is 4. The highest BCUT2D eigenvalue weighted by molar-refractivity contribution is 6.05. The Kier molecular flexibility index (Phi) is 4.29. The molecule has 24 heavy (non-hydrogen) atoms. The van der Waals surface area contributed by atoms with Crippen LogP contribution >= 0.6 is 0 Å². The maximum atomic E-state index is 13.5. The molecular weight excluding hydrogens is 309 g/mol. The first kappa shape index (κ1) is 15.7. The first-order chi connectivity index (χ1) is 11.6. The molecule has 0 fully saturated rings. The summed E-state index contributed by atoms with van der Waals surface area (Å²) in [7, 11) is 1.51. The number of carbonyl (C=O) groups excluding carboxylic acids is 1. The second kappa shape index (κ2) is 6.54. The molecule has 1 aromatic heterocycles. The second-order valence-corrected chi connectivity index (χ2v) is 5.22. The first-order valence-electron chi connectivity index (χ1n) is 7.35. The van der Waals surface area contributed by atoms with E-state index in [2.05, 4.69) is 10.4 Å². The van der Waals surface area contributed by atoms with Crippen molar-refractivity contribution in [1.29, 1.82) is 0 Å². The Balaban J connectivity index is 1.95. The number of aromatic nitrogens is 2. The average Bonchev–Trinajstić information content (AvgIpc) is 2.95. The second-order valence-electron chi connectivity index (χ2n) is 5.22. The van der Waals surface area contributed by atoms with E-state index in [-0.39, 0.29) is 11.7 Å². The van der Waals surface area contributed by atoms with Gasteiger partial charge in [-0.05, 0) is 37.3 Å². The van der Waals surface area contributed by atoms with Crippen LogP contribution in [-0.2, 0) is 0 Å². The smallest absolute Gasteiger partial charge is 0.260 e. The van der Waals surface area contributed by atoms with Gasteiger partial charge >= 0.3 is 0 Å². The van der Waals surface area contributed by atoms with E-state index in [1.807, 2.05) is 0 Å². The minimum atomic E-state index is -0.373. The van der Waals surface area contributed by atoms with Crippen LogP contribution in [0.4, 0.5) is 10.2 Å². The fourth-order valence-electron chi connectivity index (χ4n) is 2.41. The number of para-hydroxylation sites is 1. The largest absolute Gasteiger partial charge is 0.496 e. The van der Waals surface area contributed by atoms with Gasteiger partial charge in [-0.3, -0.25) is 4.79 Å². The van der Waals surface area contributed by atoms with Gasteiger partial charge in [-0.2, -0.15) is 5.10 Å². The Morgan fingerprint density at radius 3 is 2.71 bits per heavy atom. The zero-order chi connectivity index (χ0) is 17.1. The summed E-state index contributed by atoms with van der Waals surface area (Å²) in [4.78, 5) is 12.5. The maximum absolute atomic E-state index is 13.5. The third kappa shape index (κ3) is 3.12. The topological polar surface area (TPSA) is 56.1 Å². The summed E-state index contributed by atoms with van der Waals surface area (Å²) in [5.74, 6) is 0.227. The van der Waals surface area contributed by atoms with Crippen molar-refractivity contribution in [3.05, 3.63) is 71.7 Å². The lowest BCUT2D eigenvalue weighted by Gasteiger charge is -2.11. The lowest BCUT2D eigenvalue weighted by molar-refractivity contribution is 0.102. The number of benzene rings is 2. The maximum Gasteiger partial charge on any atom is 0.260 e. The molecule has 0 spiro atoms. The van der Waals surface area contributed by atoms with Crippen molar-refractivity contribution in [3.63, 3.8) is 0 Å². The molecule has 0 radical (unpaired) electrons. The molecule has 3 rings (SSSR count). The molecule has 1 amide bonds. The quantitative estimate of drug-likeness (QED) is 0.797. The molecule has 122 valence electrons. The van der Waals surface area contributed by atoms with E-state index in [0.29, 0.717) is 28.5 Å². The number of amides is 1. The van der Waals surface area contributed by atoms with Gasteiger partial charge in [-0.25, -0.2) is 9.07 Å². The Labute approximate surface area is 138 Å². The van der Waals surface area contributed by atoms with E-state index >= 15 is 0 Å². The summed E-state index contributed by atoms with van der Waals surface area (Å²) in [6.07, 6.45) is 0. The number of carbonyl (C=O) groups is 1. The first-order valence-corrected chi connectivity index (χ1v) is 7.35. The van der Waals surface area contributed by atoms with Gasteiger partial charge in [0, 0.05) is 6.07 Å². The van der Waals surface area contributed by atoms with Crippen molar-refractivity contribution >= 4 is 11.7 Å². The Hall–Kier alpha value is -3.15. The van der Waals surface area contributed by atoms with E-state index in [4.69, 9.17) is 4.74 Å². The van der Waals surface area contributed by atoms with Gasteiger partial charge in [-0.15, -0.1) is 0 Å². The van der Waals surface area contributed by atoms with Crippen LogP contribution in [0.5, 0.6) is 5.75 Å². The fourth-order valence-corrected chi connectivity index (χ4v) is 2.41. The molecular formula is C18H16FN3O2. The molecule has 0 atom stereocenters. The number of nitrogens with zero attached hydrogens (tertiary/aromatic N) is 2. The summed E-state index contributed by atoms with van der Waals surface area (Å²) in [6.45, 7) is 1.80. The van der Waals surface area contributed by atoms with Gasteiger partial charge in [-0.1, -0.05) is 18.2 Å². The van der Waals surface area contributed by atoms with Gasteiger partial charge in [0.2, 0.25) is 0 Å². The number of methoxy groups -OCH3 is 1. The van der Waals surface area contributed by atoms with Gasteiger partial charge in [0.25, 0.3) is 5.91 Å². The van der Waals surface area contributed by atoms with Crippen molar-refractivity contribution < 1.29 is 13.9 Å². The number of anilines is 1. The van der Waals surface area contributed by atoms with Crippen LogP contribution in [0.1, 0.15) is 16.1 Å². The molecule has 5 nitrogen and oxygen atoms in total. The molecule has 0 unspecified atom stereocenters. The van der Waals surface area contributed by atoms with Crippen LogP contribution in [0, 0.1) is 12.7 Å². The molecule has 0 aliphatic carbocycles. The number of halogens is 1. The van der Waals surface area contributed by atoms with Crippen LogP contribution in [-0.4, -0.2) is 22.8 Å². The van der Waals surface area contributed by atoms with Gasteiger partial charge in [0.15, 0.2) is 0 Å². The molecule has 0 bridgehead atoms. The van der Waals surface area contributed by atoms with E-state index in [1.54, 1.807) is 49.4 Å². The minimum Gasteiger partial charge on any atom is -0.496 e. The van der Waals surface area contributed by atoms with Crippen LogP contribution in [0.25, 0.3) is 5.69 Å². The van der Waals surface area contributed by atoms with Crippen molar-refractivity contribution in [2.24, 2.45) is 0 Å². The summed E-state index contributed by atoms with van der Waals surface area (Å²) >= 11 is 0. The van der Waals surface area contributed by atoms with Crippen LogP contribution in [0.15, 0.2) is 54.6 Å². The number of nitrogens with one attached hydrogen (secondary N) is 1. The summed E-state index contributed by atoms with van der Waals surface area (Å²) in [5, 5.41) is 7.11. The normalized spacial score (nSPS) is 10.5. The Morgan fingerprint density at radius 1 is 1.17 bits per heavy atom. The lowest BCUT2D eigenvalue weighted by atomic mass is 10.2. The predicted octanol–water partition coefficient (Wildman–Crippen LogP) is 3.58. The molecule has 3 aromatic rings. The standard InChI is InChI=1S/C18H16FN3O2/c1-12-10-17(22(21-12)14-7-5-6-13(19)11-14)20-18(23)15-8-3-4-9-16(15)24-2/h3-11H,1-2H3,(H,20,23). The molecule has 0 saturated carbocycles. The number of hydrogen-bond acceptors (Lipinski definition) is 3. The van der Waals surface area contributed by atoms with Crippen molar-refractivity contribution in [1.82, 2.24) is 9.78 Å². The van der Waals surface area contributed by atoms with E-state index in [1.165, 1.54) is 23.9 Å². The number of hydrogen-bond donors (Lipinski definition) is 1.